The normalized spacial score (nSPS) is 19.4. The second kappa shape index (κ2) is 10.7. The van der Waals surface area contributed by atoms with Gasteiger partial charge in [0.1, 0.15) is 5.75 Å². The van der Waals surface area contributed by atoms with Crippen molar-refractivity contribution in [3.63, 3.8) is 0 Å². The molecule has 2 fully saturated rings. The third-order valence-electron chi connectivity index (χ3n) is 6.26. The predicted octanol–water partition coefficient (Wildman–Crippen LogP) is 3.33. The Morgan fingerprint density at radius 1 is 1.03 bits per heavy atom. The van der Waals surface area contributed by atoms with E-state index in [-0.39, 0.29) is 24.1 Å². The van der Waals surface area contributed by atoms with Gasteiger partial charge in [0.15, 0.2) is 5.76 Å². The highest BCUT2D eigenvalue weighted by Crippen LogP contribution is 2.28. The number of nitrogens with zero attached hydrogens (tertiary/aromatic N) is 3. The van der Waals surface area contributed by atoms with Gasteiger partial charge in [-0.15, -0.1) is 0 Å². The van der Waals surface area contributed by atoms with E-state index in [0.717, 1.165) is 18.6 Å². The molecule has 0 radical (unpaired) electrons. The molecule has 4 rings (SSSR count). The molecule has 2 aromatic rings. The van der Waals surface area contributed by atoms with Crippen LogP contribution in [-0.2, 0) is 9.59 Å². The third kappa shape index (κ3) is 5.27. The molecule has 3 amide bonds. The van der Waals surface area contributed by atoms with Crippen molar-refractivity contribution in [1.29, 1.82) is 0 Å². The lowest BCUT2D eigenvalue weighted by molar-refractivity contribution is -0.123. The van der Waals surface area contributed by atoms with Gasteiger partial charge in [-0.1, -0.05) is 26.2 Å². The molecule has 0 bridgehead atoms. The summed E-state index contributed by atoms with van der Waals surface area (Å²) < 4.78 is 11.0. The first-order valence-corrected chi connectivity index (χ1v) is 11.7. The maximum atomic E-state index is 13.1. The summed E-state index contributed by atoms with van der Waals surface area (Å²) >= 11 is 0. The van der Waals surface area contributed by atoms with E-state index >= 15 is 0 Å². The average Bonchev–Trinajstić information content (AvgIpc) is 3.47. The van der Waals surface area contributed by atoms with Crippen LogP contribution in [0.4, 0.5) is 5.69 Å². The van der Waals surface area contributed by atoms with Crippen molar-refractivity contribution < 1.29 is 23.5 Å². The van der Waals surface area contributed by atoms with Crippen LogP contribution in [0.3, 0.4) is 0 Å². The molecule has 0 N–H and O–H groups in total. The number of anilines is 1. The van der Waals surface area contributed by atoms with Gasteiger partial charge in [0.25, 0.3) is 11.8 Å². The van der Waals surface area contributed by atoms with Crippen molar-refractivity contribution in [2.24, 2.45) is 0 Å². The highest BCUT2D eigenvalue weighted by Gasteiger charge is 2.43. The van der Waals surface area contributed by atoms with E-state index in [1.807, 2.05) is 17.0 Å². The summed E-state index contributed by atoms with van der Waals surface area (Å²) in [7, 11) is 0. The lowest BCUT2D eigenvalue weighted by atomic mass is 10.1. The van der Waals surface area contributed by atoms with Crippen molar-refractivity contribution in [2.75, 3.05) is 37.7 Å². The van der Waals surface area contributed by atoms with E-state index in [0.29, 0.717) is 44.2 Å². The lowest BCUT2D eigenvalue weighted by Gasteiger charge is -2.36. The Morgan fingerprint density at radius 3 is 2.45 bits per heavy atom. The quantitative estimate of drug-likeness (QED) is 0.428. The molecule has 0 unspecified atom stereocenters. The van der Waals surface area contributed by atoms with Crippen molar-refractivity contribution in [2.45, 2.75) is 45.1 Å². The second-order valence-electron chi connectivity index (χ2n) is 8.50. The van der Waals surface area contributed by atoms with Crippen LogP contribution < -0.4 is 9.64 Å². The van der Waals surface area contributed by atoms with Crippen molar-refractivity contribution in [1.82, 2.24) is 9.80 Å². The highest BCUT2D eigenvalue weighted by molar-refractivity contribution is 6.22. The molecule has 0 saturated carbocycles. The van der Waals surface area contributed by atoms with Gasteiger partial charge in [0.2, 0.25) is 5.91 Å². The molecule has 2 aliphatic rings. The Hall–Kier alpha value is -3.13. The molecule has 0 aliphatic carbocycles. The summed E-state index contributed by atoms with van der Waals surface area (Å²) in [5.41, 5.74) is 0.567. The van der Waals surface area contributed by atoms with Crippen LogP contribution in [-0.4, -0.2) is 66.3 Å². The van der Waals surface area contributed by atoms with Gasteiger partial charge in [-0.3, -0.25) is 19.3 Å². The number of piperazine rings is 1. The molecule has 33 heavy (non-hydrogen) atoms. The molecule has 2 aliphatic heterocycles. The average molecular weight is 454 g/mol. The van der Waals surface area contributed by atoms with E-state index in [2.05, 4.69) is 6.92 Å². The standard InChI is InChI=1S/C25H31N3O5/c1-2-3-4-5-16-32-20-10-8-19(9-11-20)28-23(29)18-21(24(28)30)26-12-14-27(15-13-26)25(31)22-7-6-17-33-22/h6-11,17,21H,2-5,12-16,18H2,1H3/t21-/m0/s1. The molecule has 2 saturated heterocycles. The number of hydrogen-bond acceptors (Lipinski definition) is 6. The molecule has 8 nitrogen and oxygen atoms in total. The number of rotatable bonds is 9. The number of hydrogen-bond donors (Lipinski definition) is 0. The van der Waals surface area contributed by atoms with Crippen LogP contribution >= 0.6 is 0 Å². The summed E-state index contributed by atoms with van der Waals surface area (Å²) in [6, 6.07) is 9.98. The Bertz CT molecular complexity index is 949. The van der Waals surface area contributed by atoms with Gasteiger partial charge in [0.05, 0.1) is 31.0 Å². The zero-order valence-corrected chi connectivity index (χ0v) is 19.1. The maximum absolute atomic E-state index is 13.1. The van der Waals surface area contributed by atoms with Crippen LogP contribution in [0.1, 0.15) is 49.6 Å². The van der Waals surface area contributed by atoms with E-state index in [1.54, 1.807) is 29.2 Å². The zero-order valence-electron chi connectivity index (χ0n) is 19.1. The minimum Gasteiger partial charge on any atom is -0.494 e. The Morgan fingerprint density at radius 2 is 1.79 bits per heavy atom. The molecule has 1 aromatic heterocycles. The topological polar surface area (TPSA) is 83.3 Å². The lowest BCUT2D eigenvalue weighted by Crippen LogP contribution is -2.53. The fourth-order valence-corrected chi connectivity index (χ4v) is 4.38. The number of unbranched alkanes of at least 4 members (excludes halogenated alkanes) is 3. The predicted molar refractivity (Wildman–Crippen MR) is 123 cm³/mol. The summed E-state index contributed by atoms with van der Waals surface area (Å²) in [6.07, 6.45) is 6.19. The number of benzene rings is 1. The number of imide groups is 1. The van der Waals surface area contributed by atoms with Gasteiger partial charge in [-0.2, -0.15) is 0 Å². The smallest absolute Gasteiger partial charge is 0.289 e. The Labute approximate surface area is 194 Å². The summed E-state index contributed by atoms with van der Waals surface area (Å²) in [4.78, 5) is 43.3. The number of carbonyl (C=O) groups excluding carboxylic acids is 3. The zero-order chi connectivity index (χ0) is 23.2. The second-order valence-corrected chi connectivity index (χ2v) is 8.50. The number of amides is 3. The minimum absolute atomic E-state index is 0.150. The van der Waals surface area contributed by atoms with Gasteiger partial charge < -0.3 is 14.1 Å². The highest BCUT2D eigenvalue weighted by atomic mass is 16.5. The molecule has 8 heteroatoms. The largest absolute Gasteiger partial charge is 0.494 e. The third-order valence-corrected chi connectivity index (χ3v) is 6.26. The monoisotopic (exact) mass is 453 g/mol. The van der Waals surface area contributed by atoms with E-state index in [4.69, 9.17) is 9.15 Å². The first-order chi connectivity index (χ1) is 16.1. The van der Waals surface area contributed by atoms with E-state index < -0.39 is 6.04 Å². The molecule has 3 heterocycles. The fourth-order valence-electron chi connectivity index (χ4n) is 4.38. The van der Waals surface area contributed by atoms with Crippen LogP contribution in [0.15, 0.2) is 47.1 Å². The minimum atomic E-state index is -0.493. The Kier molecular flexibility index (Phi) is 7.44. The molecule has 1 atom stereocenters. The maximum Gasteiger partial charge on any atom is 0.289 e. The summed E-state index contributed by atoms with van der Waals surface area (Å²) in [6.45, 7) is 4.89. The van der Waals surface area contributed by atoms with E-state index in [1.165, 1.54) is 24.0 Å². The first-order valence-electron chi connectivity index (χ1n) is 11.7. The van der Waals surface area contributed by atoms with Gasteiger partial charge in [0, 0.05) is 26.2 Å². The number of furan rings is 1. The molecular weight excluding hydrogens is 422 g/mol. The summed E-state index contributed by atoms with van der Waals surface area (Å²) in [5.74, 6) is 0.493. The van der Waals surface area contributed by atoms with Crippen LogP contribution in [0.5, 0.6) is 5.75 Å². The number of ether oxygens (including phenoxy) is 1. The molecular formula is C25H31N3O5. The van der Waals surface area contributed by atoms with Gasteiger partial charge >= 0.3 is 0 Å². The SMILES string of the molecule is CCCCCCOc1ccc(N2C(=O)C[C@H](N3CCN(C(=O)c4ccco4)CC3)C2=O)cc1. The fraction of sp³-hybridized carbons (Fsp3) is 0.480. The van der Waals surface area contributed by atoms with Crippen molar-refractivity contribution >= 4 is 23.4 Å². The summed E-state index contributed by atoms with van der Waals surface area (Å²) in [5, 5.41) is 0. The molecule has 176 valence electrons. The molecule has 0 spiro atoms. The van der Waals surface area contributed by atoms with Crippen LogP contribution in [0, 0.1) is 0 Å². The van der Waals surface area contributed by atoms with Gasteiger partial charge in [-0.05, 0) is 42.8 Å². The number of carbonyl (C=O) groups is 3. The van der Waals surface area contributed by atoms with Crippen molar-refractivity contribution in [3.8, 4) is 5.75 Å². The first kappa shape index (κ1) is 23.0. The van der Waals surface area contributed by atoms with Gasteiger partial charge in [-0.25, -0.2) is 4.90 Å². The van der Waals surface area contributed by atoms with Crippen molar-refractivity contribution in [3.05, 3.63) is 48.4 Å². The molecule has 1 aromatic carbocycles. The Balaban J connectivity index is 1.31. The van der Waals surface area contributed by atoms with E-state index in [9.17, 15) is 14.4 Å². The van der Waals surface area contributed by atoms with Crippen LogP contribution in [0.25, 0.3) is 0 Å². The van der Waals surface area contributed by atoms with Crippen LogP contribution in [0.2, 0.25) is 0 Å².